The van der Waals surface area contributed by atoms with Crippen LogP contribution in [0.2, 0.25) is 0 Å². The molecule has 1 aliphatic rings. The van der Waals surface area contributed by atoms with Gasteiger partial charge < -0.3 is 5.32 Å². The molecule has 0 bridgehead atoms. The smallest absolute Gasteiger partial charge is 0.243 e. The number of hydrogen-bond acceptors (Lipinski definition) is 3. The molecule has 1 aliphatic heterocycles. The highest BCUT2D eigenvalue weighted by atomic mass is 35.5. The molecule has 0 saturated carbocycles. The van der Waals surface area contributed by atoms with Gasteiger partial charge in [-0.3, -0.25) is 0 Å². The third-order valence-corrected chi connectivity index (χ3v) is 5.33. The molecule has 130 valence electrons. The topological polar surface area (TPSA) is 58.2 Å². The van der Waals surface area contributed by atoms with Gasteiger partial charge in [-0.15, -0.1) is 12.4 Å². The van der Waals surface area contributed by atoms with E-state index in [9.17, 15) is 17.2 Å². The molecule has 3 rings (SSSR count). The minimum absolute atomic E-state index is 0. The van der Waals surface area contributed by atoms with Crippen molar-refractivity contribution in [2.75, 3.05) is 13.1 Å². The first kappa shape index (κ1) is 18.8. The summed E-state index contributed by atoms with van der Waals surface area (Å²) >= 11 is 0. The first-order valence-electron chi connectivity index (χ1n) is 7.23. The van der Waals surface area contributed by atoms with Crippen LogP contribution in [0.1, 0.15) is 17.2 Å². The average Bonchev–Trinajstić information content (AvgIpc) is 2.52. The van der Waals surface area contributed by atoms with Gasteiger partial charge in [0.15, 0.2) is 0 Å². The average molecular weight is 375 g/mol. The van der Waals surface area contributed by atoms with Crippen LogP contribution in [0.3, 0.4) is 0 Å². The molecule has 2 aromatic rings. The zero-order valence-electron chi connectivity index (χ0n) is 12.6. The Morgan fingerprint density at radius 1 is 1.17 bits per heavy atom. The number of benzene rings is 2. The van der Waals surface area contributed by atoms with E-state index in [-0.39, 0.29) is 25.0 Å². The Hall–Kier alpha value is -1.54. The molecule has 0 aromatic heterocycles. The molecule has 1 heterocycles. The number of hydrogen-bond donors (Lipinski definition) is 2. The highest BCUT2D eigenvalue weighted by Gasteiger charge is 2.24. The summed E-state index contributed by atoms with van der Waals surface area (Å²) in [4.78, 5) is -0.553. The van der Waals surface area contributed by atoms with Gasteiger partial charge in [0, 0.05) is 18.7 Å². The first-order chi connectivity index (χ1) is 11.0. The van der Waals surface area contributed by atoms with Gasteiger partial charge in [0.05, 0.1) is 0 Å². The lowest BCUT2D eigenvalue weighted by Crippen LogP contribution is -2.39. The normalized spacial score (nSPS) is 17.0. The van der Waals surface area contributed by atoms with Crippen LogP contribution in [-0.2, 0) is 16.4 Å². The summed E-state index contributed by atoms with van der Waals surface area (Å²) in [7, 11) is -4.04. The zero-order chi connectivity index (χ0) is 16.4. The Morgan fingerprint density at radius 3 is 2.67 bits per heavy atom. The summed E-state index contributed by atoms with van der Waals surface area (Å²) in [5, 5.41) is 3.24. The SMILES string of the molecule is Cl.O=S(=O)(NCC1NCCc2ccccc21)c1ccc(F)cc1F. The molecule has 4 nitrogen and oxygen atoms in total. The summed E-state index contributed by atoms with van der Waals surface area (Å²) in [5.41, 5.74) is 2.20. The fourth-order valence-electron chi connectivity index (χ4n) is 2.74. The fourth-order valence-corrected chi connectivity index (χ4v) is 3.84. The van der Waals surface area contributed by atoms with Gasteiger partial charge in [0.1, 0.15) is 16.5 Å². The van der Waals surface area contributed by atoms with Crippen LogP contribution in [0.15, 0.2) is 47.4 Å². The highest BCUT2D eigenvalue weighted by Crippen LogP contribution is 2.23. The number of sulfonamides is 1. The van der Waals surface area contributed by atoms with Crippen molar-refractivity contribution in [3.05, 3.63) is 65.2 Å². The van der Waals surface area contributed by atoms with Gasteiger partial charge in [-0.2, -0.15) is 0 Å². The van der Waals surface area contributed by atoms with Crippen molar-refractivity contribution in [3.63, 3.8) is 0 Å². The molecule has 2 aromatic carbocycles. The van der Waals surface area contributed by atoms with E-state index >= 15 is 0 Å². The quantitative estimate of drug-likeness (QED) is 0.864. The van der Waals surface area contributed by atoms with Crippen LogP contribution in [0.25, 0.3) is 0 Å². The Balaban J connectivity index is 0.00000208. The lowest BCUT2D eigenvalue weighted by molar-refractivity contribution is 0.489. The number of rotatable bonds is 4. The van der Waals surface area contributed by atoms with E-state index in [1.54, 1.807) is 0 Å². The minimum Gasteiger partial charge on any atom is -0.308 e. The second kappa shape index (κ2) is 7.57. The Morgan fingerprint density at radius 2 is 1.92 bits per heavy atom. The van der Waals surface area contributed by atoms with Gasteiger partial charge in [-0.25, -0.2) is 21.9 Å². The molecular weight excluding hydrogens is 358 g/mol. The maximum atomic E-state index is 13.7. The predicted octanol–water partition coefficient (Wildman–Crippen LogP) is 2.55. The predicted molar refractivity (Wildman–Crippen MR) is 89.7 cm³/mol. The first-order valence-corrected chi connectivity index (χ1v) is 8.71. The van der Waals surface area contributed by atoms with Crippen LogP contribution in [0, 0.1) is 11.6 Å². The summed E-state index contributed by atoms with van der Waals surface area (Å²) in [6.45, 7) is 0.838. The molecule has 1 atom stereocenters. The Labute approximate surface area is 145 Å². The van der Waals surface area contributed by atoms with Crippen LogP contribution >= 0.6 is 12.4 Å². The van der Waals surface area contributed by atoms with E-state index in [2.05, 4.69) is 10.0 Å². The standard InChI is InChI=1S/C16H16F2N2O2S.ClH/c17-12-5-6-16(14(18)9-12)23(21,22)20-10-15-13-4-2-1-3-11(13)7-8-19-15;/h1-6,9,15,19-20H,7-8,10H2;1H. The van der Waals surface area contributed by atoms with E-state index in [1.807, 2.05) is 24.3 Å². The summed E-state index contributed by atoms with van der Waals surface area (Å²) in [6, 6.07) is 10.0. The van der Waals surface area contributed by atoms with Crippen molar-refractivity contribution >= 4 is 22.4 Å². The van der Waals surface area contributed by atoms with Crippen LogP contribution in [-0.4, -0.2) is 21.5 Å². The molecular formula is C16H17ClF2N2O2S. The van der Waals surface area contributed by atoms with Crippen molar-refractivity contribution in [1.82, 2.24) is 10.0 Å². The van der Waals surface area contributed by atoms with E-state index in [0.29, 0.717) is 6.07 Å². The monoisotopic (exact) mass is 374 g/mol. The van der Waals surface area contributed by atoms with Crippen molar-refractivity contribution < 1.29 is 17.2 Å². The fraction of sp³-hybridized carbons (Fsp3) is 0.250. The second-order valence-electron chi connectivity index (χ2n) is 5.38. The van der Waals surface area contributed by atoms with Gasteiger partial charge in [-0.1, -0.05) is 24.3 Å². The zero-order valence-corrected chi connectivity index (χ0v) is 14.3. The minimum atomic E-state index is -4.04. The van der Waals surface area contributed by atoms with Gasteiger partial charge in [0.2, 0.25) is 10.0 Å². The molecule has 0 radical (unpaired) electrons. The Bertz CT molecular complexity index is 831. The molecule has 2 N–H and O–H groups in total. The molecule has 24 heavy (non-hydrogen) atoms. The van der Waals surface area contributed by atoms with Gasteiger partial charge in [-0.05, 0) is 36.2 Å². The third-order valence-electron chi connectivity index (χ3n) is 3.88. The maximum absolute atomic E-state index is 13.7. The van der Waals surface area contributed by atoms with Crippen LogP contribution in [0.4, 0.5) is 8.78 Å². The van der Waals surface area contributed by atoms with E-state index in [1.165, 1.54) is 5.56 Å². The number of nitrogens with one attached hydrogen (secondary N) is 2. The van der Waals surface area contributed by atoms with Crippen molar-refractivity contribution in [2.45, 2.75) is 17.4 Å². The molecule has 0 spiro atoms. The number of fused-ring (bicyclic) bond motifs is 1. The van der Waals surface area contributed by atoms with Crippen LogP contribution < -0.4 is 10.0 Å². The molecule has 8 heteroatoms. The molecule has 0 saturated heterocycles. The molecule has 0 aliphatic carbocycles. The largest absolute Gasteiger partial charge is 0.308 e. The third kappa shape index (κ3) is 3.92. The maximum Gasteiger partial charge on any atom is 0.243 e. The van der Waals surface area contributed by atoms with Gasteiger partial charge >= 0.3 is 0 Å². The lowest BCUT2D eigenvalue weighted by atomic mass is 9.95. The van der Waals surface area contributed by atoms with Crippen molar-refractivity contribution in [2.24, 2.45) is 0 Å². The summed E-state index contributed by atoms with van der Waals surface area (Å²) in [6.07, 6.45) is 0.881. The van der Waals surface area contributed by atoms with Gasteiger partial charge in [0.25, 0.3) is 0 Å². The molecule has 0 fully saturated rings. The highest BCUT2D eigenvalue weighted by molar-refractivity contribution is 7.89. The summed E-state index contributed by atoms with van der Waals surface area (Å²) < 4.78 is 53.4. The summed E-state index contributed by atoms with van der Waals surface area (Å²) in [5.74, 6) is -1.92. The molecule has 0 amide bonds. The second-order valence-corrected chi connectivity index (χ2v) is 7.12. The van der Waals surface area contributed by atoms with E-state index < -0.39 is 26.6 Å². The van der Waals surface area contributed by atoms with Crippen molar-refractivity contribution in [3.8, 4) is 0 Å². The van der Waals surface area contributed by atoms with E-state index in [4.69, 9.17) is 0 Å². The lowest BCUT2D eigenvalue weighted by Gasteiger charge is -2.27. The van der Waals surface area contributed by atoms with Crippen molar-refractivity contribution in [1.29, 1.82) is 0 Å². The number of halogens is 3. The molecule has 1 unspecified atom stereocenters. The Kier molecular flexibility index (Phi) is 5.92. The van der Waals surface area contributed by atoms with E-state index in [0.717, 1.165) is 30.7 Å². The van der Waals surface area contributed by atoms with Crippen LogP contribution in [0.5, 0.6) is 0 Å².